The highest BCUT2D eigenvalue weighted by Gasteiger charge is 2.15. The van der Waals surface area contributed by atoms with E-state index in [-0.39, 0.29) is 5.78 Å². The molecule has 1 aromatic heterocycles. The number of carbonyl (C=O) groups excluding carboxylic acids is 2. The molecule has 9 heteroatoms. The van der Waals surface area contributed by atoms with E-state index < -0.39 is 6.03 Å². The molecule has 1 saturated heterocycles. The van der Waals surface area contributed by atoms with Crippen molar-refractivity contribution in [2.75, 3.05) is 41.8 Å². The molecule has 35 heavy (non-hydrogen) atoms. The van der Waals surface area contributed by atoms with Crippen LogP contribution in [0.25, 0.3) is 11.0 Å². The maximum absolute atomic E-state index is 13.1. The minimum atomic E-state index is -0.393. The largest absolute Gasteiger partial charge is 0.378 e. The van der Waals surface area contributed by atoms with Crippen molar-refractivity contribution in [1.82, 2.24) is 9.97 Å². The van der Waals surface area contributed by atoms with Gasteiger partial charge in [-0.05, 0) is 66.7 Å². The van der Waals surface area contributed by atoms with Gasteiger partial charge in [0.05, 0.1) is 30.4 Å². The van der Waals surface area contributed by atoms with Gasteiger partial charge >= 0.3 is 6.03 Å². The van der Waals surface area contributed by atoms with Crippen molar-refractivity contribution in [1.29, 1.82) is 0 Å². The predicted molar refractivity (Wildman–Crippen MR) is 137 cm³/mol. The normalized spacial score (nSPS) is 13.5. The van der Waals surface area contributed by atoms with Gasteiger partial charge in [-0.1, -0.05) is 11.6 Å². The second kappa shape index (κ2) is 10.1. The molecule has 2 N–H and O–H groups in total. The van der Waals surface area contributed by atoms with E-state index in [1.165, 1.54) is 0 Å². The predicted octanol–water partition coefficient (Wildman–Crippen LogP) is 4.99. The Labute approximate surface area is 206 Å². The Hall–Kier alpha value is -4.01. The zero-order valence-electron chi connectivity index (χ0n) is 18.7. The van der Waals surface area contributed by atoms with Crippen molar-refractivity contribution < 1.29 is 14.3 Å². The highest BCUT2D eigenvalue weighted by molar-refractivity contribution is 6.30. The van der Waals surface area contributed by atoms with Crippen molar-refractivity contribution in [3.8, 4) is 0 Å². The summed E-state index contributed by atoms with van der Waals surface area (Å²) >= 11 is 5.86. The van der Waals surface area contributed by atoms with Gasteiger partial charge in [0.15, 0.2) is 5.78 Å². The van der Waals surface area contributed by atoms with Crippen molar-refractivity contribution in [3.63, 3.8) is 0 Å². The lowest BCUT2D eigenvalue weighted by molar-refractivity contribution is 0.103. The quantitative estimate of drug-likeness (QED) is 0.385. The molecule has 0 atom stereocenters. The number of benzene rings is 3. The number of anilines is 3. The van der Waals surface area contributed by atoms with Crippen LogP contribution in [-0.4, -0.2) is 48.1 Å². The Balaban J connectivity index is 1.28. The van der Waals surface area contributed by atoms with Crippen LogP contribution in [0.5, 0.6) is 0 Å². The number of ketones is 1. The van der Waals surface area contributed by atoms with Gasteiger partial charge in [-0.3, -0.25) is 9.78 Å². The fourth-order valence-corrected chi connectivity index (χ4v) is 3.91. The van der Waals surface area contributed by atoms with E-state index >= 15 is 0 Å². The van der Waals surface area contributed by atoms with Gasteiger partial charge in [0.1, 0.15) is 5.82 Å². The molecule has 1 fully saturated rings. The van der Waals surface area contributed by atoms with Gasteiger partial charge in [-0.25, -0.2) is 9.78 Å². The number of amides is 2. The SMILES string of the molecule is O=C(Nc1ccc(Cl)cc1)Nc1ccc(C(=O)c2ccc3ncc(N4CCOCC4)nc3c2)cc1. The lowest BCUT2D eigenvalue weighted by Crippen LogP contribution is -2.36. The number of hydrogen-bond donors (Lipinski definition) is 2. The summed E-state index contributed by atoms with van der Waals surface area (Å²) in [5, 5.41) is 6.06. The number of fused-ring (bicyclic) bond motifs is 1. The number of nitrogens with one attached hydrogen (secondary N) is 2. The van der Waals surface area contributed by atoms with Crippen LogP contribution < -0.4 is 15.5 Å². The van der Waals surface area contributed by atoms with Gasteiger partial charge in [-0.15, -0.1) is 0 Å². The molecule has 3 aromatic carbocycles. The molecular formula is C26H22ClN5O3. The molecule has 8 nitrogen and oxygen atoms in total. The number of urea groups is 1. The average molecular weight is 488 g/mol. The van der Waals surface area contributed by atoms with E-state index in [9.17, 15) is 9.59 Å². The number of rotatable bonds is 5. The molecule has 0 bridgehead atoms. The molecule has 2 heterocycles. The van der Waals surface area contributed by atoms with E-state index in [1.54, 1.807) is 72.9 Å². The number of nitrogens with zero attached hydrogens (tertiary/aromatic N) is 3. The zero-order chi connectivity index (χ0) is 24.2. The van der Waals surface area contributed by atoms with Crippen molar-refractivity contribution >= 4 is 51.6 Å². The standard InChI is InChI=1S/C26H22ClN5O3/c27-19-4-8-21(9-5-19)30-26(34)29-20-6-1-17(2-7-20)25(33)18-3-10-22-23(15-18)31-24(16-28-22)32-11-13-35-14-12-32/h1-10,15-16H,11-14H2,(H2,29,30,34). The third-order valence-electron chi connectivity index (χ3n) is 5.63. The van der Waals surface area contributed by atoms with Gasteiger partial charge in [0.25, 0.3) is 0 Å². The summed E-state index contributed by atoms with van der Waals surface area (Å²) in [6.07, 6.45) is 1.75. The molecular weight excluding hydrogens is 466 g/mol. The second-order valence-corrected chi connectivity index (χ2v) is 8.46. The van der Waals surface area contributed by atoms with Crippen LogP contribution in [0.4, 0.5) is 22.0 Å². The van der Waals surface area contributed by atoms with E-state index in [0.717, 1.165) is 24.4 Å². The average Bonchev–Trinajstić information content (AvgIpc) is 2.90. The fraction of sp³-hybridized carbons (Fsp3) is 0.154. The third kappa shape index (κ3) is 5.40. The molecule has 5 rings (SSSR count). The van der Waals surface area contributed by atoms with Crippen LogP contribution in [0.1, 0.15) is 15.9 Å². The number of aromatic nitrogens is 2. The van der Waals surface area contributed by atoms with E-state index in [2.05, 4.69) is 20.5 Å². The molecule has 0 aliphatic carbocycles. The Morgan fingerprint density at radius 1 is 0.829 bits per heavy atom. The lowest BCUT2D eigenvalue weighted by Gasteiger charge is -2.27. The Kier molecular flexibility index (Phi) is 6.56. The Morgan fingerprint density at radius 2 is 1.46 bits per heavy atom. The first-order valence-corrected chi connectivity index (χ1v) is 11.5. The molecule has 0 radical (unpaired) electrons. The number of ether oxygens (including phenoxy) is 1. The summed E-state index contributed by atoms with van der Waals surface area (Å²) < 4.78 is 5.40. The first-order valence-electron chi connectivity index (χ1n) is 11.1. The summed E-state index contributed by atoms with van der Waals surface area (Å²) in [5.74, 6) is 0.639. The summed E-state index contributed by atoms with van der Waals surface area (Å²) in [7, 11) is 0. The Bertz CT molecular complexity index is 1370. The molecule has 0 spiro atoms. The molecule has 4 aromatic rings. The maximum atomic E-state index is 13.1. The van der Waals surface area contributed by atoms with Crippen LogP contribution in [0, 0.1) is 0 Å². The van der Waals surface area contributed by atoms with Gasteiger partial charge in [0.2, 0.25) is 0 Å². The van der Waals surface area contributed by atoms with Crippen LogP contribution >= 0.6 is 11.6 Å². The van der Waals surface area contributed by atoms with Crippen molar-refractivity contribution in [3.05, 3.63) is 89.1 Å². The molecule has 0 unspecified atom stereocenters. The van der Waals surface area contributed by atoms with Gasteiger partial charge < -0.3 is 20.3 Å². The molecule has 2 amide bonds. The molecule has 1 aliphatic heterocycles. The number of hydrogen-bond acceptors (Lipinski definition) is 6. The third-order valence-corrected chi connectivity index (χ3v) is 5.89. The monoisotopic (exact) mass is 487 g/mol. The number of carbonyl (C=O) groups is 2. The minimum Gasteiger partial charge on any atom is -0.378 e. The van der Waals surface area contributed by atoms with Crippen LogP contribution in [0.2, 0.25) is 5.02 Å². The summed E-state index contributed by atoms with van der Waals surface area (Å²) in [6, 6.07) is 18.5. The zero-order valence-corrected chi connectivity index (χ0v) is 19.5. The van der Waals surface area contributed by atoms with Crippen molar-refractivity contribution in [2.45, 2.75) is 0 Å². The topological polar surface area (TPSA) is 96.5 Å². The fourth-order valence-electron chi connectivity index (χ4n) is 3.79. The first kappa shape index (κ1) is 22.8. The maximum Gasteiger partial charge on any atom is 0.323 e. The minimum absolute atomic E-state index is 0.136. The second-order valence-electron chi connectivity index (χ2n) is 8.02. The summed E-state index contributed by atoms with van der Waals surface area (Å²) in [4.78, 5) is 36.7. The lowest BCUT2D eigenvalue weighted by atomic mass is 10.0. The van der Waals surface area contributed by atoms with Gasteiger partial charge in [0, 0.05) is 40.6 Å². The van der Waals surface area contributed by atoms with Crippen molar-refractivity contribution in [2.24, 2.45) is 0 Å². The Morgan fingerprint density at radius 3 is 2.14 bits per heavy atom. The number of morpholine rings is 1. The summed E-state index contributed by atoms with van der Waals surface area (Å²) in [5.41, 5.74) is 3.60. The summed E-state index contributed by atoms with van der Waals surface area (Å²) in [6.45, 7) is 2.84. The van der Waals surface area contributed by atoms with Gasteiger partial charge in [-0.2, -0.15) is 0 Å². The van der Waals surface area contributed by atoms with E-state index in [4.69, 9.17) is 21.3 Å². The van der Waals surface area contributed by atoms with Crippen LogP contribution in [0.3, 0.4) is 0 Å². The smallest absolute Gasteiger partial charge is 0.323 e. The van der Waals surface area contributed by atoms with Crippen LogP contribution in [-0.2, 0) is 4.74 Å². The molecule has 1 aliphatic rings. The molecule has 176 valence electrons. The number of halogens is 1. The van der Waals surface area contributed by atoms with Crippen LogP contribution in [0.15, 0.2) is 72.9 Å². The highest BCUT2D eigenvalue weighted by atomic mass is 35.5. The highest BCUT2D eigenvalue weighted by Crippen LogP contribution is 2.21. The van der Waals surface area contributed by atoms with E-state index in [1.807, 2.05) is 0 Å². The first-order chi connectivity index (χ1) is 17.0. The molecule has 0 saturated carbocycles. The van der Waals surface area contributed by atoms with E-state index in [0.29, 0.717) is 46.3 Å².